The maximum absolute atomic E-state index is 11.3. The molecule has 5 nitrogen and oxygen atoms in total. The first-order valence-electron chi connectivity index (χ1n) is 5.53. The summed E-state index contributed by atoms with van der Waals surface area (Å²) in [5, 5.41) is 8.48. The second-order valence-corrected chi connectivity index (χ2v) is 3.66. The van der Waals surface area contributed by atoms with E-state index >= 15 is 0 Å². The molecular formula is C14H13NO4. The molecule has 5 heteroatoms. The normalized spacial score (nSPS) is 11.6. The van der Waals surface area contributed by atoms with Crippen LogP contribution in [0, 0.1) is 11.3 Å². The first kappa shape index (κ1) is 14.5. The van der Waals surface area contributed by atoms with Crippen molar-refractivity contribution in [3.63, 3.8) is 0 Å². The third-order valence-electron chi connectivity index (χ3n) is 2.22. The summed E-state index contributed by atoms with van der Waals surface area (Å²) >= 11 is 0. The van der Waals surface area contributed by atoms with Crippen LogP contribution in [0.4, 0.5) is 0 Å². The van der Waals surface area contributed by atoms with Crippen molar-refractivity contribution in [1.29, 1.82) is 5.26 Å². The predicted molar refractivity (Wildman–Crippen MR) is 68.0 cm³/mol. The molecule has 0 unspecified atom stereocenters. The Morgan fingerprint density at radius 2 is 1.95 bits per heavy atom. The van der Waals surface area contributed by atoms with Crippen LogP contribution in [0.3, 0.4) is 0 Å². The lowest BCUT2D eigenvalue weighted by Gasteiger charge is -2.02. The molecule has 0 saturated heterocycles. The molecule has 0 amide bonds. The van der Waals surface area contributed by atoms with Gasteiger partial charge >= 0.3 is 11.9 Å². The Kier molecular flexibility index (Phi) is 5.30. The smallest absolute Gasteiger partial charge is 0.337 e. The lowest BCUT2D eigenvalue weighted by Crippen LogP contribution is -2.10. The van der Waals surface area contributed by atoms with E-state index < -0.39 is 18.0 Å². The molecule has 0 aliphatic heterocycles. The van der Waals surface area contributed by atoms with Gasteiger partial charge in [-0.3, -0.25) is 0 Å². The molecule has 1 rings (SSSR count). The fourth-order valence-corrected chi connectivity index (χ4v) is 1.25. The number of esters is 2. The van der Waals surface area contributed by atoms with Gasteiger partial charge in [-0.1, -0.05) is 12.1 Å². The van der Waals surface area contributed by atoms with Crippen LogP contribution in [0.25, 0.3) is 6.08 Å². The van der Waals surface area contributed by atoms with Gasteiger partial charge in [0, 0.05) is 6.08 Å². The third-order valence-corrected chi connectivity index (χ3v) is 2.22. The molecule has 1 aromatic rings. The zero-order chi connectivity index (χ0) is 14.3. The Morgan fingerprint density at radius 3 is 2.47 bits per heavy atom. The third kappa shape index (κ3) is 4.64. The minimum absolute atomic E-state index is 0.419. The average Bonchev–Trinajstić information content (AvgIpc) is 2.44. The van der Waals surface area contributed by atoms with Crippen LogP contribution in [0.2, 0.25) is 0 Å². The van der Waals surface area contributed by atoms with E-state index in [2.05, 4.69) is 4.74 Å². The second kappa shape index (κ2) is 6.97. The highest BCUT2D eigenvalue weighted by molar-refractivity contribution is 5.90. The van der Waals surface area contributed by atoms with Crippen molar-refractivity contribution in [2.75, 3.05) is 7.11 Å². The van der Waals surface area contributed by atoms with Crippen LogP contribution in [0.1, 0.15) is 22.8 Å². The minimum atomic E-state index is -0.779. The number of ether oxygens (including phenoxy) is 2. The number of carbonyl (C=O) groups excluding carboxylic acids is 2. The second-order valence-electron chi connectivity index (χ2n) is 3.66. The Morgan fingerprint density at radius 1 is 1.32 bits per heavy atom. The average molecular weight is 259 g/mol. The minimum Gasteiger partial charge on any atom is -0.465 e. The van der Waals surface area contributed by atoms with Crippen molar-refractivity contribution in [2.45, 2.75) is 13.0 Å². The number of nitriles is 1. The van der Waals surface area contributed by atoms with Gasteiger partial charge < -0.3 is 9.47 Å². The van der Waals surface area contributed by atoms with Crippen molar-refractivity contribution in [3.8, 4) is 6.07 Å². The summed E-state index contributed by atoms with van der Waals surface area (Å²) in [5.41, 5.74) is 1.16. The van der Waals surface area contributed by atoms with Gasteiger partial charge in [0.15, 0.2) is 6.10 Å². The highest BCUT2D eigenvalue weighted by Gasteiger charge is 2.05. The molecule has 98 valence electrons. The van der Waals surface area contributed by atoms with Gasteiger partial charge in [0.2, 0.25) is 0 Å². The SMILES string of the molecule is COC(=O)c1ccc(/C=C/C(=O)O[C@H](C)C#N)cc1. The Hall–Kier alpha value is -2.61. The van der Waals surface area contributed by atoms with E-state index in [9.17, 15) is 9.59 Å². The quantitative estimate of drug-likeness (QED) is 0.610. The molecule has 0 aromatic heterocycles. The molecule has 0 N–H and O–H groups in total. The summed E-state index contributed by atoms with van der Waals surface area (Å²) in [6, 6.07) is 8.32. The van der Waals surface area contributed by atoms with Crippen LogP contribution in [0.15, 0.2) is 30.3 Å². The summed E-state index contributed by atoms with van der Waals surface area (Å²) in [6.45, 7) is 1.48. The zero-order valence-corrected chi connectivity index (χ0v) is 10.6. The summed E-state index contributed by atoms with van der Waals surface area (Å²) in [7, 11) is 1.31. The predicted octanol–water partition coefficient (Wildman–Crippen LogP) is 1.94. The monoisotopic (exact) mass is 259 g/mol. The van der Waals surface area contributed by atoms with Crippen molar-refractivity contribution in [1.82, 2.24) is 0 Å². The Labute approximate surface area is 111 Å². The van der Waals surface area contributed by atoms with Gasteiger partial charge in [-0.2, -0.15) is 5.26 Å². The number of benzene rings is 1. The summed E-state index contributed by atoms with van der Waals surface area (Å²) in [6.07, 6.45) is 1.98. The zero-order valence-electron chi connectivity index (χ0n) is 10.6. The molecule has 0 radical (unpaired) electrons. The van der Waals surface area contributed by atoms with E-state index in [1.54, 1.807) is 30.3 Å². The van der Waals surface area contributed by atoms with Gasteiger partial charge in [-0.15, -0.1) is 0 Å². The van der Waals surface area contributed by atoms with Gasteiger partial charge in [-0.05, 0) is 30.7 Å². The summed E-state index contributed by atoms with van der Waals surface area (Å²) < 4.78 is 9.31. The summed E-state index contributed by atoms with van der Waals surface area (Å²) in [5.74, 6) is -1.01. The fourth-order valence-electron chi connectivity index (χ4n) is 1.25. The van der Waals surface area contributed by atoms with Gasteiger partial charge in [-0.25, -0.2) is 9.59 Å². The number of carbonyl (C=O) groups is 2. The number of hydrogen-bond acceptors (Lipinski definition) is 5. The lowest BCUT2D eigenvalue weighted by molar-refractivity contribution is -0.139. The molecule has 0 spiro atoms. The van der Waals surface area contributed by atoms with E-state index in [0.717, 1.165) is 5.56 Å². The number of rotatable bonds is 4. The topological polar surface area (TPSA) is 76.4 Å². The summed E-state index contributed by atoms with van der Waals surface area (Å²) in [4.78, 5) is 22.5. The molecule has 19 heavy (non-hydrogen) atoms. The lowest BCUT2D eigenvalue weighted by atomic mass is 10.1. The first-order chi connectivity index (χ1) is 9.06. The first-order valence-corrected chi connectivity index (χ1v) is 5.53. The van der Waals surface area contributed by atoms with Crippen LogP contribution < -0.4 is 0 Å². The van der Waals surface area contributed by atoms with Crippen LogP contribution in [-0.2, 0) is 14.3 Å². The van der Waals surface area contributed by atoms with E-state index in [0.29, 0.717) is 5.56 Å². The van der Waals surface area contributed by atoms with Crippen molar-refractivity contribution in [2.24, 2.45) is 0 Å². The Bertz CT molecular complexity index is 525. The molecular weight excluding hydrogens is 246 g/mol. The van der Waals surface area contributed by atoms with E-state index in [-0.39, 0.29) is 0 Å². The number of hydrogen-bond donors (Lipinski definition) is 0. The molecule has 0 fully saturated rings. The van der Waals surface area contributed by atoms with E-state index in [4.69, 9.17) is 10.00 Å². The van der Waals surface area contributed by atoms with Crippen molar-refractivity contribution >= 4 is 18.0 Å². The van der Waals surface area contributed by atoms with Gasteiger partial charge in [0.05, 0.1) is 12.7 Å². The Balaban J connectivity index is 2.65. The molecule has 0 heterocycles. The van der Waals surface area contributed by atoms with Gasteiger partial charge in [0.25, 0.3) is 0 Å². The molecule has 1 atom stereocenters. The molecule has 0 aliphatic carbocycles. The number of nitrogens with zero attached hydrogens (tertiary/aromatic N) is 1. The standard InChI is InChI=1S/C14H13NO4/c1-10(9-15)19-13(16)8-5-11-3-6-12(7-4-11)14(17)18-2/h3-8,10H,1-2H3/b8-5+/t10-/m1/s1. The van der Waals surface area contributed by atoms with Crippen molar-refractivity contribution < 1.29 is 19.1 Å². The molecule has 0 bridgehead atoms. The number of methoxy groups -OCH3 is 1. The maximum atomic E-state index is 11.3. The van der Waals surface area contributed by atoms with Crippen LogP contribution >= 0.6 is 0 Å². The van der Waals surface area contributed by atoms with E-state index in [1.807, 2.05) is 0 Å². The van der Waals surface area contributed by atoms with Crippen molar-refractivity contribution in [3.05, 3.63) is 41.5 Å². The van der Waals surface area contributed by atoms with E-state index in [1.165, 1.54) is 26.2 Å². The fraction of sp³-hybridized carbons (Fsp3) is 0.214. The molecule has 0 saturated carbocycles. The maximum Gasteiger partial charge on any atom is 0.337 e. The van der Waals surface area contributed by atoms with Crippen LogP contribution in [-0.4, -0.2) is 25.2 Å². The van der Waals surface area contributed by atoms with Crippen LogP contribution in [0.5, 0.6) is 0 Å². The highest BCUT2D eigenvalue weighted by atomic mass is 16.5. The molecule has 1 aromatic carbocycles. The highest BCUT2D eigenvalue weighted by Crippen LogP contribution is 2.07. The largest absolute Gasteiger partial charge is 0.465 e. The van der Waals surface area contributed by atoms with Gasteiger partial charge in [0.1, 0.15) is 6.07 Å². The molecule has 0 aliphatic rings.